The molecule has 1 N–H and O–H groups in total. The third kappa shape index (κ3) is 4.70. The van der Waals surface area contributed by atoms with Crippen LogP contribution in [0.15, 0.2) is 83.8 Å². The van der Waals surface area contributed by atoms with Crippen molar-refractivity contribution in [3.63, 3.8) is 0 Å². The number of nitrogens with one attached hydrogen (secondary N) is 1. The Balaban J connectivity index is 1.35. The van der Waals surface area contributed by atoms with Crippen molar-refractivity contribution in [1.82, 2.24) is 14.3 Å². The molecule has 1 aromatic heterocycles. The number of para-hydroxylation sites is 1. The lowest BCUT2D eigenvalue weighted by molar-refractivity contribution is 0.382. The first kappa shape index (κ1) is 22.6. The van der Waals surface area contributed by atoms with E-state index in [4.69, 9.17) is 21.6 Å². The van der Waals surface area contributed by atoms with Crippen molar-refractivity contribution in [2.75, 3.05) is 36.4 Å². The minimum absolute atomic E-state index is 0.250. The highest BCUT2D eigenvalue weighted by Crippen LogP contribution is 2.26. The Bertz CT molecular complexity index is 1390. The van der Waals surface area contributed by atoms with E-state index in [0.29, 0.717) is 43.7 Å². The van der Waals surface area contributed by atoms with Crippen molar-refractivity contribution in [3.8, 4) is 0 Å². The fourth-order valence-corrected chi connectivity index (χ4v) is 5.55. The lowest BCUT2D eigenvalue weighted by atomic mass is 10.2. The normalized spacial score (nSPS) is 14.9. The molecule has 174 valence electrons. The minimum Gasteiger partial charge on any atom is -0.365 e. The zero-order valence-corrected chi connectivity index (χ0v) is 20.0. The van der Waals surface area contributed by atoms with E-state index in [1.807, 2.05) is 47.4 Å². The van der Waals surface area contributed by atoms with Gasteiger partial charge in [0, 0.05) is 43.1 Å². The number of rotatable bonds is 6. The number of hydrogen-bond donors (Lipinski definition) is 1. The largest absolute Gasteiger partial charge is 0.365 e. The van der Waals surface area contributed by atoms with Crippen LogP contribution in [-0.4, -0.2) is 48.9 Å². The average molecular weight is 494 g/mol. The van der Waals surface area contributed by atoms with Crippen molar-refractivity contribution >= 4 is 44.3 Å². The lowest BCUT2D eigenvalue weighted by Gasteiger charge is -2.34. The van der Waals surface area contributed by atoms with E-state index in [9.17, 15) is 8.42 Å². The Hall–Kier alpha value is -3.20. The summed E-state index contributed by atoms with van der Waals surface area (Å²) in [7, 11) is -3.57. The molecular formula is C25H24ClN5O2S. The van der Waals surface area contributed by atoms with Gasteiger partial charge >= 0.3 is 0 Å². The van der Waals surface area contributed by atoms with Crippen LogP contribution in [0, 0.1) is 0 Å². The molecule has 1 aliphatic rings. The molecule has 7 nitrogen and oxygen atoms in total. The molecule has 0 unspecified atom stereocenters. The number of benzene rings is 3. The first-order valence-corrected chi connectivity index (χ1v) is 12.9. The molecule has 0 radical (unpaired) electrons. The summed E-state index contributed by atoms with van der Waals surface area (Å²) >= 11 is 5.91. The number of anilines is 2. The highest BCUT2D eigenvalue weighted by Gasteiger charge is 2.29. The molecule has 1 saturated heterocycles. The molecule has 4 aromatic rings. The van der Waals surface area contributed by atoms with Gasteiger partial charge in [0.1, 0.15) is 5.82 Å². The summed E-state index contributed by atoms with van der Waals surface area (Å²) in [5.74, 6) is 1.36. The maximum Gasteiger partial charge on any atom is 0.243 e. The van der Waals surface area contributed by atoms with Gasteiger partial charge in [-0.05, 0) is 42.0 Å². The number of nitrogens with zero attached hydrogens (tertiary/aromatic N) is 4. The topological polar surface area (TPSA) is 78.4 Å². The van der Waals surface area contributed by atoms with Crippen LogP contribution in [0.3, 0.4) is 0 Å². The van der Waals surface area contributed by atoms with Gasteiger partial charge in [0.15, 0.2) is 0 Å². The van der Waals surface area contributed by atoms with Gasteiger partial charge in [-0.3, -0.25) is 0 Å². The Labute approximate surface area is 204 Å². The van der Waals surface area contributed by atoms with Crippen molar-refractivity contribution in [2.45, 2.75) is 11.4 Å². The van der Waals surface area contributed by atoms with Crippen LogP contribution in [-0.2, 0) is 16.6 Å². The Kier molecular flexibility index (Phi) is 6.36. The van der Waals surface area contributed by atoms with Gasteiger partial charge in [-0.25, -0.2) is 13.4 Å². The molecule has 9 heteroatoms. The summed E-state index contributed by atoms with van der Waals surface area (Å²) in [5, 5.41) is 4.91. The number of piperazine rings is 1. The number of halogens is 1. The lowest BCUT2D eigenvalue weighted by Crippen LogP contribution is -2.49. The number of fused-ring (bicyclic) bond motifs is 1. The van der Waals surface area contributed by atoms with Gasteiger partial charge in [0.2, 0.25) is 16.0 Å². The summed E-state index contributed by atoms with van der Waals surface area (Å²) in [6.45, 7) is 2.36. The summed E-state index contributed by atoms with van der Waals surface area (Å²) in [5.41, 5.74) is 2.01. The highest BCUT2D eigenvalue weighted by molar-refractivity contribution is 7.89. The van der Waals surface area contributed by atoms with Crippen LogP contribution < -0.4 is 10.2 Å². The van der Waals surface area contributed by atoms with Gasteiger partial charge in [-0.15, -0.1) is 0 Å². The van der Waals surface area contributed by atoms with Crippen LogP contribution in [0.1, 0.15) is 5.56 Å². The van der Waals surface area contributed by atoms with Crippen molar-refractivity contribution in [2.24, 2.45) is 0 Å². The van der Waals surface area contributed by atoms with E-state index in [2.05, 4.69) is 17.4 Å². The summed E-state index contributed by atoms with van der Waals surface area (Å²) < 4.78 is 27.5. The molecule has 0 amide bonds. The molecule has 5 rings (SSSR count). The SMILES string of the molecule is O=S(=O)(c1ccc(Cl)cc1)N1CCN(c2nc(NCc3ccccc3)c3ccccc3n2)CC1. The van der Waals surface area contributed by atoms with Gasteiger partial charge in [0.25, 0.3) is 0 Å². The molecule has 34 heavy (non-hydrogen) atoms. The summed E-state index contributed by atoms with van der Waals surface area (Å²) in [6, 6.07) is 24.3. The van der Waals surface area contributed by atoms with Crippen LogP contribution in [0.2, 0.25) is 5.02 Å². The van der Waals surface area contributed by atoms with Gasteiger partial charge in [-0.1, -0.05) is 54.1 Å². The first-order chi connectivity index (χ1) is 16.5. The Morgan fingerprint density at radius 1 is 0.824 bits per heavy atom. The van der Waals surface area contributed by atoms with E-state index in [1.54, 1.807) is 24.3 Å². The van der Waals surface area contributed by atoms with Crippen LogP contribution in [0.25, 0.3) is 10.9 Å². The molecule has 0 aliphatic carbocycles. The number of hydrogen-bond acceptors (Lipinski definition) is 6. The Morgan fingerprint density at radius 3 is 2.24 bits per heavy atom. The molecule has 0 bridgehead atoms. The van der Waals surface area contributed by atoms with Gasteiger partial charge in [0.05, 0.1) is 10.4 Å². The molecule has 0 atom stereocenters. The fraction of sp³-hybridized carbons (Fsp3) is 0.200. The maximum absolute atomic E-state index is 13.0. The Morgan fingerprint density at radius 2 is 1.50 bits per heavy atom. The molecule has 0 saturated carbocycles. The van der Waals surface area contributed by atoms with Crippen molar-refractivity contribution < 1.29 is 8.42 Å². The van der Waals surface area contributed by atoms with Gasteiger partial charge in [-0.2, -0.15) is 9.29 Å². The smallest absolute Gasteiger partial charge is 0.243 e. The fourth-order valence-electron chi connectivity index (χ4n) is 4.01. The van der Waals surface area contributed by atoms with Crippen LogP contribution in [0.4, 0.5) is 11.8 Å². The van der Waals surface area contributed by atoms with Gasteiger partial charge < -0.3 is 10.2 Å². The molecule has 0 spiro atoms. The summed E-state index contributed by atoms with van der Waals surface area (Å²) in [6.07, 6.45) is 0. The minimum atomic E-state index is -3.57. The third-order valence-corrected chi connectivity index (χ3v) is 8.03. The predicted molar refractivity (Wildman–Crippen MR) is 136 cm³/mol. The first-order valence-electron chi connectivity index (χ1n) is 11.1. The second kappa shape index (κ2) is 9.58. The molecule has 1 aliphatic heterocycles. The van der Waals surface area contributed by atoms with Crippen molar-refractivity contribution in [1.29, 1.82) is 0 Å². The molecule has 3 aromatic carbocycles. The monoisotopic (exact) mass is 493 g/mol. The highest BCUT2D eigenvalue weighted by atomic mass is 35.5. The van der Waals surface area contributed by atoms with Crippen LogP contribution >= 0.6 is 11.6 Å². The molecule has 1 fully saturated rings. The zero-order chi connectivity index (χ0) is 23.5. The van der Waals surface area contributed by atoms with Crippen LogP contribution in [0.5, 0.6) is 0 Å². The summed E-state index contributed by atoms with van der Waals surface area (Å²) in [4.78, 5) is 11.9. The molecule has 2 heterocycles. The van der Waals surface area contributed by atoms with Crippen molar-refractivity contribution in [3.05, 3.63) is 89.4 Å². The third-order valence-electron chi connectivity index (χ3n) is 5.87. The van der Waals surface area contributed by atoms with E-state index in [-0.39, 0.29) is 4.90 Å². The van der Waals surface area contributed by atoms with E-state index >= 15 is 0 Å². The second-order valence-electron chi connectivity index (χ2n) is 8.07. The standard InChI is InChI=1S/C25H24ClN5O2S/c26-20-10-12-21(13-11-20)34(32,33)31-16-14-30(15-17-31)25-28-23-9-5-4-8-22(23)24(29-25)27-18-19-6-2-1-3-7-19/h1-13H,14-18H2,(H,27,28,29). The number of sulfonamides is 1. The van der Waals surface area contributed by atoms with E-state index < -0.39 is 10.0 Å². The van der Waals surface area contributed by atoms with E-state index in [1.165, 1.54) is 4.31 Å². The quantitative estimate of drug-likeness (QED) is 0.429. The van der Waals surface area contributed by atoms with E-state index in [0.717, 1.165) is 22.3 Å². The maximum atomic E-state index is 13.0. The predicted octanol–water partition coefficient (Wildman–Crippen LogP) is 4.41. The average Bonchev–Trinajstić information content (AvgIpc) is 2.88. The number of aromatic nitrogens is 2. The second-order valence-corrected chi connectivity index (χ2v) is 10.4. The zero-order valence-electron chi connectivity index (χ0n) is 18.4. The molecular weight excluding hydrogens is 470 g/mol.